The summed E-state index contributed by atoms with van der Waals surface area (Å²) in [5.74, 6) is 0. The summed E-state index contributed by atoms with van der Waals surface area (Å²) in [4.78, 5) is 7.54. The Bertz CT molecular complexity index is 732. The number of ether oxygens (including phenoxy) is 1. The van der Waals surface area contributed by atoms with Crippen molar-refractivity contribution in [2.75, 3.05) is 6.61 Å². The molecule has 0 saturated heterocycles. The second-order valence-electron chi connectivity index (χ2n) is 5.90. The maximum Gasteiger partial charge on any atom is 0.0925 e. The van der Waals surface area contributed by atoms with Crippen molar-refractivity contribution >= 4 is 0 Å². The fraction of sp³-hybridized carbons (Fsp3) is 0.286. The smallest absolute Gasteiger partial charge is 0.0925 e. The van der Waals surface area contributed by atoms with Crippen LogP contribution >= 0.6 is 0 Å². The van der Waals surface area contributed by atoms with E-state index in [4.69, 9.17) is 4.74 Å². The van der Waals surface area contributed by atoms with Crippen LogP contribution in [0.1, 0.15) is 30.3 Å². The summed E-state index contributed by atoms with van der Waals surface area (Å²) in [5, 5.41) is 0. The maximum atomic E-state index is 5.80. The molecule has 124 valence electrons. The lowest BCUT2D eigenvalue weighted by Crippen LogP contribution is -1.99. The van der Waals surface area contributed by atoms with Gasteiger partial charge >= 0.3 is 0 Å². The Balaban J connectivity index is 1.42. The van der Waals surface area contributed by atoms with Crippen molar-refractivity contribution in [3.8, 4) is 11.1 Å². The predicted molar refractivity (Wildman–Crippen MR) is 97.8 cm³/mol. The molecule has 0 aliphatic rings. The Kier molecular flexibility index (Phi) is 5.80. The van der Waals surface area contributed by atoms with Gasteiger partial charge in [0.1, 0.15) is 0 Å². The Morgan fingerprint density at radius 3 is 2.46 bits per heavy atom. The number of aromatic nitrogens is 2. The van der Waals surface area contributed by atoms with E-state index >= 15 is 0 Å². The number of imidazole rings is 1. The molecular formula is C21H24N2O. The number of H-pyrrole nitrogens is 1. The Hall–Kier alpha value is -2.39. The number of hydrogen-bond acceptors (Lipinski definition) is 2. The molecule has 0 radical (unpaired) electrons. The molecule has 0 amide bonds. The molecule has 1 aromatic heterocycles. The van der Waals surface area contributed by atoms with Gasteiger partial charge in [0.25, 0.3) is 0 Å². The molecule has 0 saturated carbocycles. The van der Waals surface area contributed by atoms with E-state index in [-0.39, 0.29) is 0 Å². The van der Waals surface area contributed by atoms with Crippen molar-refractivity contribution in [1.82, 2.24) is 9.97 Å². The van der Waals surface area contributed by atoms with Crippen LogP contribution in [0.25, 0.3) is 11.1 Å². The monoisotopic (exact) mass is 320 g/mol. The topological polar surface area (TPSA) is 37.9 Å². The molecule has 0 aliphatic heterocycles. The molecule has 0 atom stereocenters. The van der Waals surface area contributed by atoms with Crippen LogP contribution in [0, 0.1) is 0 Å². The first-order valence-corrected chi connectivity index (χ1v) is 8.60. The lowest BCUT2D eigenvalue weighted by Gasteiger charge is -2.06. The van der Waals surface area contributed by atoms with Gasteiger partial charge < -0.3 is 9.72 Å². The zero-order valence-electron chi connectivity index (χ0n) is 14.2. The SMILES string of the molecule is CCc1nc[nH]c1CCCOCc1ccc(-c2ccccc2)cc1. The molecule has 0 aliphatic carbocycles. The number of nitrogens with one attached hydrogen (secondary N) is 1. The third-order valence-corrected chi connectivity index (χ3v) is 4.19. The normalized spacial score (nSPS) is 10.9. The van der Waals surface area contributed by atoms with E-state index in [1.54, 1.807) is 6.33 Å². The van der Waals surface area contributed by atoms with Crippen LogP contribution in [0.2, 0.25) is 0 Å². The van der Waals surface area contributed by atoms with Gasteiger partial charge in [0, 0.05) is 12.3 Å². The fourth-order valence-corrected chi connectivity index (χ4v) is 2.84. The molecule has 24 heavy (non-hydrogen) atoms. The van der Waals surface area contributed by atoms with Gasteiger partial charge in [-0.1, -0.05) is 61.5 Å². The Labute approximate surface area is 143 Å². The summed E-state index contributed by atoms with van der Waals surface area (Å²) in [6.07, 6.45) is 4.77. The van der Waals surface area contributed by atoms with Crippen LogP contribution in [0.15, 0.2) is 60.9 Å². The lowest BCUT2D eigenvalue weighted by atomic mass is 10.0. The van der Waals surface area contributed by atoms with E-state index in [9.17, 15) is 0 Å². The molecule has 3 aromatic rings. The average molecular weight is 320 g/mol. The third-order valence-electron chi connectivity index (χ3n) is 4.19. The van der Waals surface area contributed by atoms with E-state index in [1.165, 1.54) is 28.1 Å². The van der Waals surface area contributed by atoms with Gasteiger partial charge in [0.15, 0.2) is 0 Å². The zero-order valence-corrected chi connectivity index (χ0v) is 14.2. The standard InChI is InChI=1S/C21H24N2O/c1-2-20-21(23-16-22-20)9-6-14-24-15-17-10-12-19(13-11-17)18-7-4-3-5-8-18/h3-5,7-8,10-13,16H,2,6,9,14-15H2,1H3,(H,22,23). The summed E-state index contributed by atoms with van der Waals surface area (Å²) in [5.41, 5.74) is 6.12. The van der Waals surface area contributed by atoms with Gasteiger partial charge in [-0.15, -0.1) is 0 Å². The number of aromatic amines is 1. The summed E-state index contributed by atoms with van der Waals surface area (Å²) in [6.45, 7) is 3.57. The molecule has 3 nitrogen and oxygen atoms in total. The van der Waals surface area contributed by atoms with E-state index in [0.717, 1.165) is 25.9 Å². The highest BCUT2D eigenvalue weighted by molar-refractivity contribution is 5.63. The number of rotatable bonds is 8. The zero-order chi connectivity index (χ0) is 16.6. The van der Waals surface area contributed by atoms with Crippen molar-refractivity contribution in [1.29, 1.82) is 0 Å². The summed E-state index contributed by atoms with van der Waals surface area (Å²) < 4.78 is 5.80. The molecular weight excluding hydrogens is 296 g/mol. The molecule has 1 heterocycles. The van der Waals surface area contributed by atoms with Crippen LogP contribution in [-0.2, 0) is 24.2 Å². The quantitative estimate of drug-likeness (QED) is 0.606. The molecule has 3 rings (SSSR count). The number of nitrogens with zero attached hydrogens (tertiary/aromatic N) is 1. The summed E-state index contributed by atoms with van der Waals surface area (Å²) >= 11 is 0. The Morgan fingerprint density at radius 1 is 0.958 bits per heavy atom. The number of hydrogen-bond donors (Lipinski definition) is 1. The number of benzene rings is 2. The molecule has 0 bridgehead atoms. The molecule has 3 heteroatoms. The van der Waals surface area contributed by atoms with Crippen molar-refractivity contribution in [2.24, 2.45) is 0 Å². The predicted octanol–water partition coefficient (Wildman–Crippen LogP) is 4.79. The van der Waals surface area contributed by atoms with Crippen molar-refractivity contribution in [3.63, 3.8) is 0 Å². The first-order valence-electron chi connectivity index (χ1n) is 8.60. The van der Waals surface area contributed by atoms with Crippen molar-refractivity contribution in [2.45, 2.75) is 32.8 Å². The molecule has 1 N–H and O–H groups in total. The van der Waals surface area contributed by atoms with Crippen molar-refractivity contribution in [3.05, 3.63) is 77.9 Å². The van der Waals surface area contributed by atoms with Crippen LogP contribution in [0.5, 0.6) is 0 Å². The van der Waals surface area contributed by atoms with Crippen LogP contribution < -0.4 is 0 Å². The minimum atomic E-state index is 0.665. The lowest BCUT2D eigenvalue weighted by molar-refractivity contribution is 0.118. The van der Waals surface area contributed by atoms with Gasteiger partial charge in [-0.25, -0.2) is 4.98 Å². The minimum Gasteiger partial charge on any atom is -0.377 e. The molecule has 2 aromatic carbocycles. The van der Waals surface area contributed by atoms with Gasteiger partial charge in [-0.3, -0.25) is 0 Å². The first kappa shape index (κ1) is 16.5. The molecule has 0 fully saturated rings. The van der Waals surface area contributed by atoms with Crippen LogP contribution in [0.4, 0.5) is 0 Å². The molecule has 0 unspecified atom stereocenters. The van der Waals surface area contributed by atoms with Crippen molar-refractivity contribution < 1.29 is 4.74 Å². The van der Waals surface area contributed by atoms with Crippen LogP contribution in [-0.4, -0.2) is 16.6 Å². The van der Waals surface area contributed by atoms with Gasteiger partial charge in [-0.2, -0.15) is 0 Å². The minimum absolute atomic E-state index is 0.665. The van der Waals surface area contributed by atoms with E-state index in [1.807, 2.05) is 6.07 Å². The largest absolute Gasteiger partial charge is 0.377 e. The first-order chi connectivity index (χ1) is 11.9. The second kappa shape index (κ2) is 8.46. The van der Waals surface area contributed by atoms with E-state index < -0.39 is 0 Å². The maximum absolute atomic E-state index is 5.80. The average Bonchev–Trinajstić information content (AvgIpc) is 3.10. The van der Waals surface area contributed by atoms with E-state index in [0.29, 0.717) is 6.61 Å². The fourth-order valence-electron chi connectivity index (χ4n) is 2.84. The second-order valence-corrected chi connectivity index (χ2v) is 5.90. The molecule has 0 spiro atoms. The highest BCUT2D eigenvalue weighted by Crippen LogP contribution is 2.19. The van der Waals surface area contributed by atoms with E-state index in [2.05, 4.69) is 65.4 Å². The number of aryl methyl sites for hydroxylation is 2. The van der Waals surface area contributed by atoms with Gasteiger partial charge in [0.05, 0.1) is 18.6 Å². The van der Waals surface area contributed by atoms with Crippen LogP contribution in [0.3, 0.4) is 0 Å². The summed E-state index contributed by atoms with van der Waals surface area (Å²) in [6, 6.07) is 19.0. The highest BCUT2D eigenvalue weighted by atomic mass is 16.5. The summed E-state index contributed by atoms with van der Waals surface area (Å²) in [7, 11) is 0. The third kappa shape index (κ3) is 4.33. The Morgan fingerprint density at radius 2 is 1.71 bits per heavy atom. The van der Waals surface area contributed by atoms with Gasteiger partial charge in [0.2, 0.25) is 0 Å². The highest BCUT2D eigenvalue weighted by Gasteiger charge is 2.03. The van der Waals surface area contributed by atoms with Gasteiger partial charge in [-0.05, 0) is 36.0 Å².